The molecule has 0 unspecified atom stereocenters. The molecule has 5 rings (SSSR count). The van der Waals surface area contributed by atoms with E-state index in [9.17, 15) is 18.0 Å². The van der Waals surface area contributed by atoms with Crippen LogP contribution in [0.2, 0.25) is 0 Å². The lowest BCUT2D eigenvalue weighted by atomic mass is 10.1. The van der Waals surface area contributed by atoms with E-state index in [-0.39, 0.29) is 35.6 Å². The number of hydrogen-bond acceptors (Lipinski definition) is 7. The average Bonchev–Trinajstić information content (AvgIpc) is 3.40. The summed E-state index contributed by atoms with van der Waals surface area (Å²) in [5, 5.41) is 2.49. The van der Waals surface area contributed by atoms with Gasteiger partial charge in [0.05, 0.1) is 23.2 Å². The van der Waals surface area contributed by atoms with Crippen molar-refractivity contribution in [3.63, 3.8) is 0 Å². The first-order chi connectivity index (χ1) is 15.8. The van der Waals surface area contributed by atoms with E-state index in [1.807, 2.05) is 36.6 Å². The quantitative estimate of drug-likeness (QED) is 0.558. The fourth-order valence-corrected chi connectivity index (χ4v) is 7.34. The van der Waals surface area contributed by atoms with Crippen molar-refractivity contribution in [2.24, 2.45) is 0 Å². The number of piperazine rings is 1. The Labute approximate surface area is 196 Å². The predicted octanol–water partition coefficient (Wildman–Crippen LogP) is 1.76. The molecule has 2 saturated heterocycles. The lowest BCUT2D eigenvalue weighted by Crippen LogP contribution is -2.53. The molecule has 0 saturated carbocycles. The molecule has 1 amide bonds. The van der Waals surface area contributed by atoms with Gasteiger partial charge in [0, 0.05) is 43.2 Å². The number of benzene rings is 1. The van der Waals surface area contributed by atoms with Gasteiger partial charge in [-0.2, -0.15) is 0 Å². The van der Waals surface area contributed by atoms with Crippen LogP contribution in [0, 0.1) is 6.92 Å². The lowest BCUT2D eigenvalue weighted by molar-refractivity contribution is -0.133. The van der Waals surface area contributed by atoms with Crippen molar-refractivity contribution in [2.45, 2.75) is 25.9 Å². The van der Waals surface area contributed by atoms with Gasteiger partial charge in [-0.3, -0.25) is 19.1 Å². The van der Waals surface area contributed by atoms with Gasteiger partial charge in [0.1, 0.15) is 11.4 Å². The number of carbonyl (C=O) groups excluding carboxylic acids is 1. The Hall–Kier alpha value is -2.56. The predicted molar refractivity (Wildman–Crippen MR) is 129 cm³/mol. The molecule has 2 aliphatic heterocycles. The summed E-state index contributed by atoms with van der Waals surface area (Å²) in [6, 6.07) is 8.07. The number of rotatable bonds is 4. The SMILES string of the molecule is Cc1ccc(-c2csc3ncn(CC(=O)N4CCN([C@@H]5CCS(=O)(=O)C5)CC4)c(=O)c23)cc1. The van der Waals surface area contributed by atoms with Crippen molar-refractivity contribution in [3.05, 3.63) is 51.9 Å². The van der Waals surface area contributed by atoms with E-state index in [0.29, 0.717) is 42.8 Å². The summed E-state index contributed by atoms with van der Waals surface area (Å²) in [5.74, 6) is 0.345. The summed E-state index contributed by atoms with van der Waals surface area (Å²) in [4.78, 5) is 35.2. The summed E-state index contributed by atoms with van der Waals surface area (Å²) in [6.45, 7) is 4.34. The zero-order valence-corrected chi connectivity index (χ0v) is 20.1. The molecule has 0 spiro atoms. The summed E-state index contributed by atoms with van der Waals surface area (Å²) >= 11 is 1.43. The number of nitrogens with zero attached hydrogens (tertiary/aromatic N) is 4. The second kappa shape index (κ2) is 8.66. The van der Waals surface area contributed by atoms with Crippen LogP contribution in [0.1, 0.15) is 12.0 Å². The minimum Gasteiger partial charge on any atom is -0.339 e. The molecule has 1 aromatic carbocycles. The van der Waals surface area contributed by atoms with Crippen molar-refractivity contribution in [2.75, 3.05) is 37.7 Å². The van der Waals surface area contributed by atoms with Crippen LogP contribution in [-0.2, 0) is 21.2 Å². The molecule has 0 N–H and O–H groups in total. The fraction of sp³-hybridized carbons (Fsp3) is 0.435. The molecule has 4 heterocycles. The van der Waals surface area contributed by atoms with Crippen LogP contribution >= 0.6 is 11.3 Å². The third-order valence-corrected chi connectivity index (χ3v) is 9.26. The van der Waals surface area contributed by atoms with Crippen LogP contribution in [0.25, 0.3) is 21.3 Å². The van der Waals surface area contributed by atoms with Gasteiger partial charge in [-0.15, -0.1) is 11.3 Å². The van der Waals surface area contributed by atoms with Gasteiger partial charge in [0.25, 0.3) is 5.56 Å². The normalized spacial score (nSPS) is 21.0. The average molecular weight is 487 g/mol. The third kappa shape index (κ3) is 4.47. The monoisotopic (exact) mass is 486 g/mol. The van der Waals surface area contributed by atoms with Crippen molar-refractivity contribution in [3.8, 4) is 11.1 Å². The lowest BCUT2D eigenvalue weighted by Gasteiger charge is -2.37. The molecule has 10 heteroatoms. The van der Waals surface area contributed by atoms with Crippen LogP contribution in [0.4, 0.5) is 0 Å². The molecular formula is C23H26N4O4S2. The van der Waals surface area contributed by atoms with Crippen LogP contribution < -0.4 is 5.56 Å². The highest BCUT2D eigenvalue weighted by molar-refractivity contribution is 7.91. The molecule has 33 heavy (non-hydrogen) atoms. The van der Waals surface area contributed by atoms with Crippen molar-refractivity contribution in [1.82, 2.24) is 19.4 Å². The molecule has 2 aromatic heterocycles. The fourth-order valence-electron chi connectivity index (χ4n) is 4.67. The Morgan fingerprint density at radius 1 is 1.15 bits per heavy atom. The standard InChI is InChI=1S/C23H26N4O4S2/c1-16-2-4-17(5-3-16)19-13-32-22-21(19)23(29)27(15-24-22)12-20(28)26-9-7-25(8-10-26)18-6-11-33(30,31)14-18/h2-5,13,15,18H,6-12,14H2,1H3/t18-/m1/s1. The van der Waals surface area contributed by atoms with Crippen LogP contribution in [0.5, 0.6) is 0 Å². The molecule has 1 atom stereocenters. The van der Waals surface area contributed by atoms with Gasteiger partial charge in [0.15, 0.2) is 9.84 Å². The maximum Gasteiger partial charge on any atom is 0.263 e. The first kappa shape index (κ1) is 22.2. The topological polar surface area (TPSA) is 92.6 Å². The largest absolute Gasteiger partial charge is 0.339 e. The molecular weight excluding hydrogens is 460 g/mol. The molecule has 3 aromatic rings. The number of sulfone groups is 1. The summed E-state index contributed by atoms with van der Waals surface area (Å²) in [5.41, 5.74) is 2.74. The van der Waals surface area contributed by atoms with E-state index in [1.54, 1.807) is 4.90 Å². The number of carbonyl (C=O) groups is 1. The third-order valence-electron chi connectivity index (χ3n) is 6.62. The van der Waals surface area contributed by atoms with E-state index in [4.69, 9.17) is 0 Å². The maximum atomic E-state index is 13.2. The van der Waals surface area contributed by atoms with Crippen LogP contribution in [0.3, 0.4) is 0 Å². The van der Waals surface area contributed by atoms with Crippen molar-refractivity contribution in [1.29, 1.82) is 0 Å². The van der Waals surface area contributed by atoms with Crippen LogP contribution in [0.15, 0.2) is 40.8 Å². The molecule has 8 nitrogen and oxygen atoms in total. The first-order valence-electron chi connectivity index (χ1n) is 11.1. The molecule has 0 radical (unpaired) electrons. The van der Waals surface area contributed by atoms with Crippen molar-refractivity contribution < 1.29 is 13.2 Å². The second-order valence-corrected chi connectivity index (χ2v) is 11.9. The zero-order chi connectivity index (χ0) is 23.2. The van der Waals surface area contributed by atoms with Crippen molar-refractivity contribution >= 4 is 37.3 Å². The Kier molecular flexibility index (Phi) is 5.84. The number of aryl methyl sites for hydroxylation is 1. The minimum atomic E-state index is -2.93. The Bertz CT molecular complexity index is 1350. The van der Waals surface area contributed by atoms with E-state index in [1.165, 1.54) is 22.2 Å². The van der Waals surface area contributed by atoms with E-state index in [2.05, 4.69) is 9.88 Å². The van der Waals surface area contributed by atoms with Gasteiger partial charge >= 0.3 is 0 Å². The van der Waals surface area contributed by atoms with Gasteiger partial charge in [-0.05, 0) is 18.9 Å². The summed E-state index contributed by atoms with van der Waals surface area (Å²) in [6.07, 6.45) is 2.12. The van der Waals surface area contributed by atoms with Crippen LogP contribution in [-0.4, -0.2) is 77.4 Å². The van der Waals surface area contributed by atoms with Gasteiger partial charge < -0.3 is 4.90 Å². The van der Waals surface area contributed by atoms with E-state index >= 15 is 0 Å². The number of thiophene rings is 1. The van der Waals surface area contributed by atoms with Gasteiger partial charge in [-0.1, -0.05) is 29.8 Å². The number of aromatic nitrogens is 2. The smallest absolute Gasteiger partial charge is 0.263 e. The molecule has 0 aliphatic carbocycles. The first-order valence-corrected chi connectivity index (χ1v) is 13.8. The number of fused-ring (bicyclic) bond motifs is 1. The molecule has 0 bridgehead atoms. The van der Waals surface area contributed by atoms with E-state index in [0.717, 1.165) is 16.7 Å². The summed E-state index contributed by atoms with van der Waals surface area (Å²) in [7, 11) is -2.93. The number of amides is 1. The Balaban J connectivity index is 1.30. The summed E-state index contributed by atoms with van der Waals surface area (Å²) < 4.78 is 24.9. The van der Waals surface area contributed by atoms with Gasteiger partial charge in [0.2, 0.25) is 5.91 Å². The van der Waals surface area contributed by atoms with Gasteiger partial charge in [-0.25, -0.2) is 13.4 Å². The van der Waals surface area contributed by atoms with E-state index < -0.39 is 9.84 Å². The Morgan fingerprint density at radius 3 is 2.55 bits per heavy atom. The minimum absolute atomic E-state index is 0.0528. The highest BCUT2D eigenvalue weighted by Gasteiger charge is 2.34. The molecule has 2 aliphatic rings. The zero-order valence-electron chi connectivity index (χ0n) is 18.4. The molecule has 174 valence electrons. The Morgan fingerprint density at radius 2 is 1.88 bits per heavy atom. The highest BCUT2D eigenvalue weighted by atomic mass is 32.2. The molecule has 2 fully saturated rings. The maximum absolute atomic E-state index is 13.2. The highest BCUT2D eigenvalue weighted by Crippen LogP contribution is 2.30. The second-order valence-electron chi connectivity index (χ2n) is 8.85. The number of hydrogen-bond donors (Lipinski definition) is 0.